The van der Waals surface area contributed by atoms with E-state index in [1.54, 1.807) is 0 Å². The summed E-state index contributed by atoms with van der Waals surface area (Å²) >= 11 is 0. The van der Waals surface area contributed by atoms with E-state index in [1.165, 1.54) is 116 Å². The molecule has 0 N–H and O–H groups in total. The zero-order valence-corrected chi connectivity index (χ0v) is 36.8. The van der Waals surface area contributed by atoms with Gasteiger partial charge in [-0.15, -0.1) is 0 Å². The minimum Gasteiger partial charge on any atom is -0.756 e. The Bertz CT molecular complexity index is 962. The Morgan fingerprint density at radius 3 is 1.52 bits per heavy atom. The largest absolute Gasteiger partial charge is 0.756 e. The average Bonchev–Trinajstić information content (AvgIpc) is 3.12. The number of carbonyl (C=O) groups excluding carboxylic acids is 1. The summed E-state index contributed by atoms with van der Waals surface area (Å²) in [6.45, 7) is 5.36. The van der Waals surface area contributed by atoms with Gasteiger partial charge >= 0.3 is 5.97 Å². The van der Waals surface area contributed by atoms with Crippen LogP contribution in [0.25, 0.3) is 0 Å². The fourth-order valence-corrected chi connectivity index (χ4v) is 6.65. The number of carbonyl (C=O) groups is 1. The number of nitrogens with zero attached hydrogens (tertiary/aromatic N) is 1. The van der Waals surface area contributed by atoms with Gasteiger partial charge in [0.05, 0.1) is 34.4 Å². The lowest BCUT2D eigenvalue weighted by atomic mass is 10.1. The van der Waals surface area contributed by atoms with Crippen molar-refractivity contribution in [2.24, 2.45) is 0 Å². The predicted octanol–water partition coefficient (Wildman–Crippen LogP) is 12.4. The fourth-order valence-electron chi connectivity index (χ4n) is 5.92. The molecule has 2 atom stereocenters. The molecule has 0 aliphatic heterocycles. The summed E-state index contributed by atoms with van der Waals surface area (Å²) in [5.74, 6) is -0.346. The summed E-state index contributed by atoms with van der Waals surface area (Å²) < 4.78 is 34.6. The third-order valence-corrected chi connectivity index (χ3v) is 10.4. The number of unbranched alkanes of at least 4 members (excludes halogenated alkanes) is 21. The summed E-state index contributed by atoms with van der Waals surface area (Å²) in [4.78, 5) is 25.0. The van der Waals surface area contributed by atoms with Crippen molar-refractivity contribution in [2.45, 2.75) is 193 Å². The maximum atomic E-state index is 12.6. The molecular weight excluding hydrogens is 697 g/mol. The zero-order chi connectivity index (χ0) is 39.9. The van der Waals surface area contributed by atoms with Crippen molar-refractivity contribution in [1.29, 1.82) is 0 Å². The maximum absolute atomic E-state index is 12.6. The van der Waals surface area contributed by atoms with Crippen molar-refractivity contribution in [3.05, 3.63) is 36.5 Å². The molecule has 9 heteroatoms. The van der Waals surface area contributed by atoms with Gasteiger partial charge in [0.15, 0.2) is 0 Å². The molecule has 54 heavy (non-hydrogen) atoms. The number of phosphoric ester groups is 1. The molecule has 0 radical (unpaired) electrons. The molecule has 0 bridgehead atoms. The molecule has 0 aliphatic carbocycles. The highest BCUT2D eigenvalue weighted by Crippen LogP contribution is 2.38. The molecule has 0 heterocycles. The second kappa shape index (κ2) is 38.6. The van der Waals surface area contributed by atoms with Gasteiger partial charge in [0.1, 0.15) is 19.3 Å². The molecule has 0 saturated carbocycles. The number of quaternary nitrogens is 1. The van der Waals surface area contributed by atoms with E-state index >= 15 is 0 Å². The van der Waals surface area contributed by atoms with E-state index in [0.29, 0.717) is 24.1 Å². The second-order valence-corrected chi connectivity index (χ2v) is 17.5. The van der Waals surface area contributed by atoms with Crippen LogP contribution < -0.4 is 4.89 Å². The predicted molar refractivity (Wildman–Crippen MR) is 227 cm³/mol. The van der Waals surface area contributed by atoms with E-state index < -0.39 is 13.9 Å². The molecule has 0 aromatic carbocycles. The zero-order valence-electron chi connectivity index (χ0n) is 35.9. The Morgan fingerprint density at radius 1 is 0.574 bits per heavy atom. The van der Waals surface area contributed by atoms with Crippen molar-refractivity contribution in [1.82, 2.24) is 0 Å². The minimum absolute atomic E-state index is 0.0231. The number of allylic oxidation sites excluding steroid dienone is 6. The van der Waals surface area contributed by atoms with Crippen LogP contribution >= 0.6 is 7.82 Å². The van der Waals surface area contributed by atoms with Crippen LogP contribution in [-0.2, 0) is 27.9 Å². The lowest BCUT2D eigenvalue weighted by Crippen LogP contribution is -2.37. The van der Waals surface area contributed by atoms with E-state index in [-0.39, 0.29) is 25.8 Å². The quantitative estimate of drug-likeness (QED) is 0.0200. The van der Waals surface area contributed by atoms with Crippen molar-refractivity contribution < 1.29 is 37.3 Å². The van der Waals surface area contributed by atoms with Crippen LogP contribution in [0, 0.1) is 0 Å². The van der Waals surface area contributed by atoms with Gasteiger partial charge in [-0.1, -0.05) is 147 Å². The van der Waals surface area contributed by atoms with Gasteiger partial charge in [0.2, 0.25) is 0 Å². The van der Waals surface area contributed by atoms with Crippen LogP contribution in [0.5, 0.6) is 0 Å². The van der Waals surface area contributed by atoms with E-state index in [0.717, 1.165) is 51.4 Å². The lowest BCUT2D eigenvalue weighted by Gasteiger charge is -2.28. The normalized spacial score (nSPS) is 14.1. The first kappa shape index (κ1) is 52.7. The lowest BCUT2D eigenvalue weighted by molar-refractivity contribution is -0.870. The Labute approximate surface area is 334 Å². The van der Waals surface area contributed by atoms with Crippen molar-refractivity contribution in [3.63, 3.8) is 0 Å². The molecule has 0 amide bonds. The van der Waals surface area contributed by atoms with E-state index in [1.807, 2.05) is 21.1 Å². The van der Waals surface area contributed by atoms with Gasteiger partial charge in [-0.2, -0.15) is 0 Å². The Balaban J connectivity index is 4.22. The number of esters is 1. The number of hydrogen-bond acceptors (Lipinski definition) is 7. The molecule has 0 aliphatic rings. The van der Waals surface area contributed by atoms with Crippen LogP contribution in [-0.4, -0.2) is 70.7 Å². The number of ether oxygens (including phenoxy) is 2. The highest BCUT2D eigenvalue weighted by molar-refractivity contribution is 7.45. The van der Waals surface area contributed by atoms with E-state index in [2.05, 4.69) is 50.3 Å². The topological polar surface area (TPSA) is 94.1 Å². The second-order valence-electron chi connectivity index (χ2n) is 16.0. The monoisotopic (exact) mass is 784 g/mol. The van der Waals surface area contributed by atoms with Crippen molar-refractivity contribution in [2.75, 3.05) is 54.1 Å². The van der Waals surface area contributed by atoms with E-state index in [4.69, 9.17) is 18.5 Å². The molecule has 0 rings (SSSR count). The molecule has 0 fully saturated rings. The number of likely N-dealkylation sites (N-methyl/N-ethyl adjacent to an activating group) is 1. The van der Waals surface area contributed by atoms with Gasteiger partial charge in [-0.05, 0) is 70.6 Å². The Hall–Kier alpha value is -1.28. The first-order chi connectivity index (χ1) is 26.1. The van der Waals surface area contributed by atoms with Crippen LogP contribution in [0.15, 0.2) is 36.5 Å². The van der Waals surface area contributed by atoms with Crippen molar-refractivity contribution in [3.8, 4) is 0 Å². The van der Waals surface area contributed by atoms with Crippen molar-refractivity contribution >= 4 is 13.8 Å². The van der Waals surface area contributed by atoms with Gasteiger partial charge in [0, 0.05) is 13.0 Å². The first-order valence-electron chi connectivity index (χ1n) is 22.2. The fraction of sp³-hybridized carbons (Fsp3) is 0.844. The first-order valence-corrected chi connectivity index (χ1v) is 23.7. The van der Waals surface area contributed by atoms with Crippen LogP contribution in [0.3, 0.4) is 0 Å². The summed E-state index contributed by atoms with van der Waals surface area (Å²) in [5.41, 5.74) is 0. The van der Waals surface area contributed by atoms with Crippen LogP contribution in [0.4, 0.5) is 0 Å². The molecule has 318 valence electrons. The average molecular weight is 784 g/mol. The highest BCUT2D eigenvalue weighted by atomic mass is 31.2. The van der Waals surface area contributed by atoms with Gasteiger partial charge < -0.3 is 27.9 Å². The molecule has 0 aromatic heterocycles. The molecule has 0 aromatic rings. The summed E-state index contributed by atoms with van der Waals surface area (Å²) in [5, 5.41) is 0. The standard InChI is InChI=1S/C45H86NO7P/c1-6-8-10-12-14-16-18-20-21-22-23-24-25-27-29-31-33-35-37-40-50-42-44(43-52-54(48,49)51-41-39-46(3,4)5)53-45(47)38-36-34-32-30-28-26-19-17-15-13-11-9-7-2/h16-19,21-22,44H,6-15,20,23-43H2,1-5H3/b18-16-,19-17-,22-21-. The minimum atomic E-state index is -4.53. The number of hydrogen-bond donors (Lipinski definition) is 0. The van der Waals surface area contributed by atoms with Gasteiger partial charge in [-0.3, -0.25) is 9.36 Å². The third kappa shape index (κ3) is 41.9. The number of rotatable bonds is 41. The summed E-state index contributed by atoms with van der Waals surface area (Å²) in [7, 11) is 1.35. The SMILES string of the molecule is CCCCCC/C=C\C/C=C\CCCCCCCCCCOCC(COP(=O)([O-])OCC[N+](C)(C)C)OC(=O)CCCCCCC/C=C\CCCCCC. The highest BCUT2D eigenvalue weighted by Gasteiger charge is 2.20. The molecule has 2 unspecified atom stereocenters. The number of phosphoric acid groups is 1. The Morgan fingerprint density at radius 2 is 1.02 bits per heavy atom. The van der Waals surface area contributed by atoms with Gasteiger partial charge in [0.25, 0.3) is 7.82 Å². The van der Waals surface area contributed by atoms with Gasteiger partial charge in [-0.25, -0.2) is 0 Å². The molecule has 0 saturated heterocycles. The smallest absolute Gasteiger partial charge is 0.306 e. The maximum Gasteiger partial charge on any atom is 0.306 e. The molecule has 8 nitrogen and oxygen atoms in total. The summed E-state index contributed by atoms with van der Waals surface area (Å²) in [6.07, 6.45) is 44.4. The summed E-state index contributed by atoms with van der Waals surface area (Å²) in [6, 6.07) is 0. The van der Waals surface area contributed by atoms with Crippen LogP contribution in [0.1, 0.15) is 187 Å². The molecular formula is C45H86NO7P. The molecule has 0 spiro atoms. The Kier molecular flexibility index (Phi) is 37.7. The van der Waals surface area contributed by atoms with Crippen LogP contribution in [0.2, 0.25) is 0 Å². The van der Waals surface area contributed by atoms with E-state index in [9.17, 15) is 14.3 Å². The third-order valence-electron chi connectivity index (χ3n) is 9.41.